The summed E-state index contributed by atoms with van der Waals surface area (Å²) >= 11 is 0. The summed E-state index contributed by atoms with van der Waals surface area (Å²) in [6.07, 6.45) is 0. The van der Waals surface area contributed by atoms with Gasteiger partial charge in [-0.15, -0.1) is 0 Å². The first kappa shape index (κ1) is 21.4. The lowest BCUT2D eigenvalue weighted by atomic mass is 10.2. The van der Waals surface area contributed by atoms with E-state index in [-0.39, 0.29) is 7.92 Å². The summed E-state index contributed by atoms with van der Waals surface area (Å²) in [5.41, 5.74) is 5.10. The second-order valence-corrected chi connectivity index (χ2v) is 11.2. The molecule has 152 valence electrons. The van der Waals surface area contributed by atoms with E-state index >= 15 is 0 Å². The van der Waals surface area contributed by atoms with Gasteiger partial charge in [-0.2, -0.15) is 0 Å². The molecule has 0 aromatic heterocycles. The van der Waals surface area contributed by atoms with Crippen LogP contribution in [0.5, 0.6) is 0 Å². The number of benzene rings is 3. The first-order valence-electron chi connectivity index (χ1n) is 10.6. The van der Waals surface area contributed by atoms with E-state index < -0.39 is 0 Å². The van der Waals surface area contributed by atoms with Gasteiger partial charge in [0.25, 0.3) is 0 Å². The molecule has 0 radical (unpaired) electrons. The van der Waals surface area contributed by atoms with Crippen molar-refractivity contribution < 1.29 is 0 Å². The quantitative estimate of drug-likeness (QED) is 0.392. The molecule has 0 spiro atoms. The Morgan fingerprint density at radius 3 is 1.69 bits per heavy atom. The second kappa shape index (κ2) is 10.5. The van der Waals surface area contributed by atoms with Gasteiger partial charge in [0, 0.05) is 30.2 Å². The van der Waals surface area contributed by atoms with Crippen LogP contribution in [-0.4, -0.2) is 24.4 Å². The summed E-state index contributed by atoms with van der Waals surface area (Å²) in [4.78, 5) is 2.38. The lowest BCUT2D eigenvalue weighted by molar-refractivity contribution is 0.957. The Kier molecular flexibility index (Phi) is 7.72. The maximum absolute atomic E-state index is 3.75. The van der Waals surface area contributed by atoms with Gasteiger partial charge in [0.15, 0.2) is 0 Å². The zero-order valence-corrected chi connectivity index (χ0v) is 18.9. The number of anilines is 3. The molecule has 29 heavy (non-hydrogen) atoms. The van der Waals surface area contributed by atoms with E-state index in [0.29, 0.717) is 11.3 Å². The van der Waals surface area contributed by atoms with Crippen LogP contribution in [0.15, 0.2) is 84.9 Å². The number of hydrogen-bond donors (Lipinski definition) is 1. The Balaban J connectivity index is 1.77. The molecular weight excluding hydrogens is 371 g/mol. The van der Waals surface area contributed by atoms with Crippen LogP contribution < -0.4 is 15.5 Å². The van der Waals surface area contributed by atoms with Crippen LogP contribution in [-0.2, 0) is 0 Å². The summed E-state index contributed by atoms with van der Waals surface area (Å²) < 4.78 is 0. The number of hydrogen-bond acceptors (Lipinski definition) is 2. The third kappa shape index (κ3) is 5.61. The van der Waals surface area contributed by atoms with Crippen molar-refractivity contribution in [2.45, 2.75) is 39.0 Å². The van der Waals surface area contributed by atoms with Crippen LogP contribution in [0.3, 0.4) is 0 Å². The van der Waals surface area contributed by atoms with Gasteiger partial charge in [-0.3, -0.25) is 0 Å². The monoisotopic (exact) mass is 404 g/mol. The van der Waals surface area contributed by atoms with Crippen LogP contribution in [0, 0.1) is 0 Å². The number of nitrogens with zero attached hydrogens (tertiary/aromatic N) is 1. The Bertz CT molecular complexity index is 815. The van der Waals surface area contributed by atoms with Gasteiger partial charge in [0.05, 0.1) is 0 Å². The molecule has 3 aromatic rings. The summed E-state index contributed by atoms with van der Waals surface area (Å²) in [6.45, 7) is 11.2. The average Bonchev–Trinajstić information content (AvgIpc) is 2.73. The lowest BCUT2D eigenvalue weighted by Gasteiger charge is -2.29. The van der Waals surface area contributed by atoms with Crippen molar-refractivity contribution in [3.05, 3.63) is 84.9 Å². The fraction of sp³-hybridized carbons (Fsp3) is 0.308. The first-order valence-corrected chi connectivity index (χ1v) is 12.0. The number of nitrogens with one attached hydrogen (secondary N) is 1. The highest BCUT2D eigenvalue weighted by molar-refractivity contribution is 7.67. The molecule has 0 aliphatic rings. The van der Waals surface area contributed by atoms with E-state index in [1.165, 1.54) is 22.4 Å². The molecular formula is C26H33N2P. The van der Waals surface area contributed by atoms with E-state index in [0.717, 1.165) is 13.1 Å². The predicted molar refractivity (Wildman–Crippen MR) is 132 cm³/mol. The van der Waals surface area contributed by atoms with Gasteiger partial charge < -0.3 is 10.2 Å². The highest BCUT2D eigenvalue weighted by atomic mass is 31.1. The van der Waals surface area contributed by atoms with Crippen molar-refractivity contribution in [3.8, 4) is 0 Å². The molecule has 0 atom stereocenters. The van der Waals surface area contributed by atoms with Gasteiger partial charge >= 0.3 is 0 Å². The Labute approximate surface area is 177 Å². The van der Waals surface area contributed by atoms with Crippen LogP contribution in [0.2, 0.25) is 0 Å². The van der Waals surface area contributed by atoms with Gasteiger partial charge in [-0.05, 0) is 47.0 Å². The molecule has 0 amide bonds. The molecule has 0 aliphatic heterocycles. The van der Waals surface area contributed by atoms with Crippen molar-refractivity contribution in [1.29, 1.82) is 0 Å². The summed E-state index contributed by atoms with van der Waals surface area (Å²) in [6, 6.07) is 30.2. The van der Waals surface area contributed by atoms with Crippen LogP contribution in [0.1, 0.15) is 27.7 Å². The molecule has 3 rings (SSSR count). The second-order valence-electron chi connectivity index (χ2n) is 7.86. The number of rotatable bonds is 9. The molecule has 2 nitrogen and oxygen atoms in total. The van der Waals surface area contributed by atoms with Crippen LogP contribution in [0.4, 0.5) is 17.1 Å². The minimum absolute atomic E-state index is 0.190. The molecule has 0 aliphatic carbocycles. The van der Waals surface area contributed by atoms with Crippen molar-refractivity contribution in [2.75, 3.05) is 23.3 Å². The summed E-state index contributed by atoms with van der Waals surface area (Å²) in [7, 11) is -0.190. The molecule has 0 fully saturated rings. The largest absolute Gasteiger partial charge is 0.383 e. The Hall–Kier alpha value is -2.31. The van der Waals surface area contributed by atoms with E-state index in [4.69, 9.17) is 0 Å². The molecule has 0 saturated carbocycles. The average molecular weight is 405 g/mol. The molecule has 3 aromatic carbocycles. The summed E-state index contributed by atoms with van der Waals surface area (Å²) in [5, 5.41) is 5.25. The molecule has 0 heterocycles. The van der Waals surface area contributed by atoms with Crippen molar-refractivity contribution in [3.63, 3.8) is 0 Å². The lowest BCUT2D eigenvalue weighted by Crippen LogP contribution is -2.26. The minimum Gasteiger partial charge on any atom is -0.383 e. The first-order chi connectivity index (χ1) is 14.1. The number of para-hydroxylation sites is 3. The fourth-order valence-corrected chi connectivity index (χ4v) is 6.92. The van der Waals surface area contributed by atoms with E-state index in [9.17, 15) is 0 Å². The molecule has 1 N–H and O–H groups in total. The zero-order chi connectivity index (χ0) is 20.6. The minimum atomic E-state index is -0.190. The zero-order valence-electron chi connectivity index (χ0n) is 18.0. The smallest absolute Gasteiger partial charge is 0.0419 e. The normalized spacial score (nSPS) is 11.3. The van der Waals surface area contributed by atoms with Gasteiger partial charge in [-0.25, -0.2) is 0 Å². The molecule has 0 saturated heterocycles. The van der Waals surface area contributed by atoms with Gasteiger partial charge in [0.2, 0.25) is 0 Å². The molecule has 3 heteroatoms. The van der Waals surface area contributed by atoms with Crippen LogP contribution in [0.25, 0.3) is 0 Å². The SMILES string of the molecule is CC(C)P(c1ccccc1NCCN(c1ccccc1)c1ccccc1)C(C)C. The van der Waals surface area contributed by atoms with Crippen LogP contribution >= 0.6 is 7.92 Å². The van der Waals surface area contributed by atoms with E-state index in [1.807, 2.05) is 0 Å². The van der Waals surface area contributed by atoms with Gasteiger partial charge in [0.1, 0.15) is 0 Å². The summed E-state index contributed by atoms with van der Waals surface area (Å²) in [5.74, 6) is 0. The maximum Gasteiger partial charge on any atom is 0.0419 e. The predicted octanol–water partition coefficient (Wildman–Crippen LogP) is 6.86. The third-order valence-corrected chi connectivity index (χ3v) is 8.25. The third-order valence-electron chi connectivity index (χ3n) is 5.08. The fourth-order valence-electron chi connectivity index (χ4n) is 3.93. The Morgan fingerprint density at radius 2 is 1.17 bits per heavy atom. The maximum atomic E-state index is 3.75. The topological polar surface area (TPSA) is 15.3 Å². The van der Waals surface area contributed by atoms with Crippen molar-refractivity contribution >= 4 is 30.3 Å². The standard InChI is InChI=1S/C26H33N2P/c1-21(2)29(22(3)4)26-18-12-11-17-25(26)27-19-20-28(23-13-7-5-8-14-23)24-15-9-6-10-16-24/h5-18,21-22,27H,19-20H2,1-4H3. The highest BCUT2D eigenvalue weighted by Crippen LogP contribution is 2.46. The van der Waals surface area contributed by atoms with E-state index in [1.54, 1.807) is 0 Å². The van der Waals surface area contributed by atoms with Gasteiger partial charge in [-0.1, -0.05) is 90.2 Å². The van der Waals surface area contributed by atoms with Crippen molar-refractivity contribution in [1.82, 2.24) is 0 Å². The Morgan fingerprint density at radius 1 is 0.690 bits per heavy atom. The molecule has 0 unspecified atom stereocenters. The van der Waals surface area contributed by atoms with E-state index in [2.05, 4.69) is 123 Å². The molecule has 0 bridgehead atoms. The highest BCUT2D eigenvalue weighted by Gasteiger charge is 2.21. The van der Waals surface area contributed by atoms with Crippen molar-refractivity contribution in [2.24, 2.45) is 0 Å².